The monoisotopic (exact) mass is 353 g/mol. The number of carbonyl (C=O) groups is 2. The van der Waals surface area contributed by atoms with Gasteiger partial charge in [0.2, 0.25) is 0 Å². The Hall–Kier alpha value is -2.62. The van der Waals surface area contributed by atoms with Gasteiger partial charge in [-0.25, -0.2) is 0 Å². The lowest BCUT2D eigenvalue weighted by Gasteiger charge is -2.32. The molecule has 4 heteroatoms. The van der Waals surface area contributed by atoms with Crippen molar-refractivity contribution in [3.63, 3.8) is 0 Å². The largest absolute Gasteiger partial charge is 0.468 e. The van der Waals surface area contributed by atoms with Crippen LogP contribution in [0.4, 0.5) is 0 Å². The normalized spacial score (nSPS) is 13.5. The molecule has 0 heterocycles. The summed E-state index contributed by atoms with van der Waals surface area (Å²) in [5.41, 5.74) is 1.33. The predicted octanol–water partition coefficient (Wildman–Crippen LogP) is 4.18. The molecule has 2 unspecified atom stereocenters. The van der Waals surface area contributed by atoms with Crippen LogP contribution in [0.25, 0.3) is 0 Å². The van der Waals surface area contributed by atoms with Gasteiger partial charge in [-0.1, -0.05) is 69.3 Å². The lowest BCUT2D eigenvalue weighted by atomic mass is 9.80. The summed E-state index contributed by atoms with van der Waals surface area (Å²) in [6.07, 6.45) is 0.639. The van der Waals surface area contributed by atoms with Crippen LogP contribution in [-0.2, 0) is 9.53 Å². The molecule has 2 rings (SSSR count). The van der Waals surface area contributed by atoms with Crippen molar-refractivity contribution in [2.75, 3.05) is 7.11 Å². The van der Waals surface area contributed by atoms with E-state index in [2.05, 4.69) is 26.1 Å². The second-order valence-electron chi connectivity index (χ2n) is 7.62. The number of nitrogens with one attached hydrogen (secondary N) is 1. The van der Waals surface area contributed by atoms with Crippen LogP contribution in [0.3, 0.4) is 0 Å². The molecule has 26 heavy (non-hydrogen) atoms. The summed E-state index contributed by atoms with van der Waals surface area (Å²) in [6.45, 7) is 6.27. The lowest BCUT2D eigenvalue weighted by Crippen LogP contribution is -2.44. The number of rotatable bonds is 6. The molecule has 0 bridgehead atoms. The van der Waals surface area contributed by atoms with E-state index in [-0.39, 0.29) is 23.3 Å². The summed E-state index contributed by atoms with van der Waals surface area (Å²) in [6, 6.07) is 18.1. The first-order valence-electron chi connectivity index (χ1n) is 8.80. The van der Waals surface area contributed by atoms with Crippen molar-refractivity contribution < 1.29 is 14.3 Å². The SMILES string of the molecule is COC(=O)C(c1ccccc1)C(CC(C)(C)C)NC(=O)c1ccccc1. The van der Waals surface area contributed by atoms with E-state index in [4.69, 9.17) is 4.74 Å². The molecule has 0 fully saturated rings. The summed E-state index contributed by atoms with van der Waals surface area (Å²) >= 11 is 0. The second-order valence-corrected chi connectivity index (χ2v) is 7.62. The lowest BCUT2D eigenvalue weighted by molar-refractivity contribution is -0.143. The molecular weight excluding hydrogens is 326 g/mol. The molecule has 0 saturated carbocycles. The molecule has 0 aromatic heterocycles. The topological polar surface area (TPSA) is 55.4 Å². The first kappa shape index (κ1) is 19.7. The predicted molar refractivity (Wildman–Crippen MR) is 103 cm³/mol. The van der Waals surface area contributed by atoms with Gasteiger partial charge in [0.15, 0.2) is 0 Å². The maximum absolute atomic E-state index is 12.7. The minimum absolute atomic E-state index is 0.0737. The minimum Gasteiger partial charge on any atom is -0.468 e. The average molecular weight is 353 g/mol. The molecular formula is C22H27NO3. The number of esters is 1. The summed E-state index contributed by atoms with van der Waals surface area (Å²) in [5, 5.41) is 3.06. The molecule has 0 saturated heterocycles. The number of hydrogen-bond donors (Lipinski definition) is 1. The van der Waals surface area contributed by atoms with Gasteiger partial charge in [0.1, 0.15) is 5.92 Å². The number of methoxy groups -OCH3 is 1. The van der Waals surface area contributed by atoms with Crippen LogP contribution < -0.4 is 5.32 Å². The minimum atomic E-state index is -0.562. The molecule has 138 valence electrons. The highest BCUT2D eigenvalue weighted by molar-refractivity contribution is 5.95. The number of ether oxygens (including phenoxy) is 1. The van der Waals surface area contributed by atoms with Gasteiger partial charge in [0, 0.05) is 11.6 Å². The smallest absolute Gasteiger partial charge is 0.315 e. The zero-order chi connectivity index (χ0) is 19.2. The van der Waals surface area contributed by atoms with Gasteiger partial charge in [0.05, 0.1) is 7.11 Å². The zero-order valence-corrected chi connectivity index (χ0v) is 15.9. The second kappa shape index (κ2) is 8.65. The number of benzene rings is 2. The van der Waals surface area contributed by atoms with Gasteiger partial charge in [0.25, 0.3) is 5.91 Å². The van der Waals surface area contributed by atoms with Gasteiger partial charge in [-0.3, -0.25) is 9.59 Å². The highest BCUT2D eigenvalue weighted by atomic mass is 16.5. The Morgan fingerprint density at radius 3 is 2.00 bits per heavy atom. The van der Waals surface area contributed by atoms with Crippen LogP contribution in [-0.4, -0.2) is 25.0 Å². The van der Waals surface area contributed by atoms with E-state index >= 15 is 0 Å². The third kappa shape index (κ3) is 5.45. The Labute approximate surface area is 155 Å². The third-order valence-corrected chi connectivity index (χ3v) is 4.20. The molecule has 1 N–H and O–H groups in total. The Morgan fingerprint density at radius 1 is 0.962 bits per heavy atom. The van der Waals surface area contributed by atoms with E-state index in [1.165, 1.54) is 7.11 Å². The fraction of sp³-hybridized carbons (Fsp3) is 0.364. The van der Waals surface area contributed by atoms with Crippen molar-refractivity contribution in [1.82, 2.24) is 5.32 Å². The van der Waals surface area contributed by atoms with Crippen LogP contribution in [0.2, 0.25) is 0 Å². The molecule has 2 atom stereocenters. The van der Waals surface area contributed by atoms with E-state index in [0.717, 1.165) is 5.56 Å². The van der Waals surface area contributed by atoms with Crippen molar-refractivity contribution in [3.8, 4) is 0 Å². The first-order valence-corrected chi connectivity index (χ1v) is 8.80. The molecule has 2 aromatic rings. The average Bonchev–Trinajstić information content (AvgIpc) is 2.62. The molecule has 0 spiro atoms. The fourth-order valence-electron chi connectivity index (χ4n) is 3.07. The fourth-order valence-corrected chi connectivity index (χ4v) is 3.07. The zero-order valence-electron chi connectivity index (χ0n) is 15.9. The maximum atomic E-state index is 12.7. The Morgan fingerprint density at radius 2 is 1.50 bits per heavy atom. The number of amides is 1. The first-order chi connectivity index (χ1) is 12.3. The van der Waals surface area contributed by atoms with Crippen molar-refractivity contribution >= 4 is 11.9 Å². The van der Waals surface area contributed by atoms with E-state index in [1.807, 2.05) is 48.5 Å². The Kier molecular flexibility index (Phi) is 6.56. The molecule has 0 aliphatic heterocycles. The van der Waals surface area contributed by atoms with Crippen molar-refractivity contribution in [2.45, 2.75) is 39.2 Å². The highest BCUT2D eigenvalue weighted by Crippen LogP contribution is 2.30. The molecule has 2 aromatic carbocycles. The van der Waals surface area contributed by atoms with Crippen molar-refractivity contribution in [2.24, 2.45) is 5.41 Å². The van der Waals surface area contributed by atoms with E-state index in [9.17, 15) is 9.59 Å². The van der Waals surface area contributed by atoms with E-state index in [1.54, 1.807) is 12.1 Å². The maximum Gasteiger partial charge on any atom is 0.315 e. The van der Waals surface area contributed by atoms with Gasteiger partial charge >= 0.3 is 5.97 Å². The number of hydrogen-bond acceptors (Lipinski definition) is 3. The van der Waals surface area contributed by atoms with E-state index in [0.29, 0.717) is 12.0 Å². The van der Waals surface area contributed by atoms with Gasteiger partial charge < -0.3 is 10.1 Å². The van der Waals surface area contributed by atoms with Crippen LogP contribution in [0, 0.1) is 5.41 Å². The van der Waals surface area contributed by atoms with Gasteiger partial charge in [-0.05, 0) is 29.5 Å². The van der Waals surface area contributed by atoms with Crippen molar-refractivity contribution in [3.05, 3.63) is 71.8 Å². The molecule has 1 amide bonds. The highest BCUT2D eigenvalue weighted by Gasteiger charge is 2.34. The van der Waals surface area contributed by atoms with Crippen LogP contribution in [0.1, 0.15) is 49.0 Å². The quantitative estimate of drug-likeness (QED) is 0.793. The molecule has 0 radical (unpaired) electrons. The van der Waals surface area contributed by atoms with E-state index < -0.39 is 5.92 Å². The van der Waals surface area contributed by atoms with Crippen molar-refractivity contribution in [1.29, 1.82) is 0 Å². The Bertz CT molecular complexity index is 720. The summed E-state index contributed by atoms with van der Waals surface area (Å²) in [5.74, 6) is -1.10. The molecule has 0 aliphatic carbocycles. The Balaban J connectivity index is 2.37. The summed E-state index contributed by atoms with van der Waals surface area (Å²) in [7, 11) is 1.38. The van der Waals surface area contributed by atoms with Gasteiger partial charge in [-0.2, -0.15) is 0 Å². The summed E-state index contributed by atoms with van der Waals surface area (Å²) in [4.78, 5) is 25.3. The molecule has 4 nitrogen and oxygen atoms in total. The summed E-state index contributed by atoms with van der Waals surface area (Å²) < 4.78 is 5.06. The van der Waals surface area contributed by atoms with Crippen LogP contribution in [0.15, 0.2) is 60.7 Å². The van der Waals surface area contributed by atoms with Gasteiger partial charge in [-0.15, -0.1) is 0 Å². The number of carbonyl (C=O) groups excluding carboxylic acids is 2. The van der Waals surface area contributed by atoms with Crippen LogP contribution >= 0.6 is 0 Å². The molecule has 0 aliphatic rings. The van der Waals surface area contributed by atoms with Crippen LogP contribution in [0.5, 0.6) is 0 Å². The standard InChI is InChI=1S/C22H27NO3/c1-22(2,3)15-18(23-20(24)17-13-9-6-10-14-17)19(21(25)26-4)16-11-7-5-8-12-16/h5-14,18-19H,15H2,1-4H3,(H,23,24). The third-order valence-electron chi connectivity index (χ3n) is 4.20.